The molecule has 0 spiro atoms. The van der Waals surface area contributed by atoms with Crippen molar-refractivity contribution < 1.29 is 9.90 Å². The lowest BCUT2D eigenvalue weighted by Gasteiger charge is -2.22. The monoisotopic (exact) mass is 197 g/mol. The molecule has 0 aromatic heterocycles. The number of hydrogen-bond acceptors (Lipinski definition) is 2. The van der Waals surface area contributed by atoms with Gasteiger partial charge in [0.05, 0.1) is 6.61 Å². The highest BCUT2D eigenvalue weighted by atomic mass is 16.3. The fraction of sp³-hybridized carbons (Fsp3) is 0.909. The van der Waals surface area contributed by atoms with Crippen LogP contribution >= 0.6 is 0 Å². The van der Waals surface area contributed by atoms with Gasteiger partial charge in [-0.25, -0.2) is 0 Å². The molecule has 1 heterocycles. The van der Waals surface area contributed by atoms with Crippen molar-refractivity contribution in [1.29, 1.82) is 0 Å². The summed E-state index contributed by atoms with van der Waals surface area (Å²) in [6, 6.07) is 0. The Bertz CT molecular complexity index is 254. The summed E-state index contributed by atoms with van der Waals surface area (Å²) in [5, 5.41) is 9.19. The van der Waals surface area contributed by atoms with E-state index in [0.717, 1.165) is 25.9 Å². The van der Waals surface area contributed by atoms with E-state index in [1.165, 1.54) is 0 Å². The summed E-state index contributed by atoms with van der Waals surface area (Å²) in [6.45, 7) is 5.95. The Balaban J connectivity index is 1.92. The molecule has 1 aliphatic heterocycles. The molecule has 1 amide bonds. The van der Waals surface area contributed by atoms with E-state index in [4.69, 9.17) is 0 Å². The zero-order valence-corrected chi connectivity index (χ0v) is 8.99. The van der Waals surface area contributed by atoms with Gasteiger partial charge in [0.1, 0.15) is 0 Å². The van der Waals surface area contributed by atoms with Crippen LogP contribution < -0.4 is 0 Å². The molecule has 14 heavy (non-hydrogen) atoms. The van der Waals surface area contributed by atoms with Gasteiger partial charge in [-0.2, -0.15) is 0 Å². The van der Waals surface area contributed by atoms with Crippen molar-refractivity contribution in [3.8, 4) is 0 Å². The van der Waals surface area contributed by atoms with Gasteiger partial charge in [0.25, 0.3) is 0 Å². The zero-order valence-electron chi connectivity index (χ0n) is 8.99. The van der Waals surface area contributed by atoms with E-state index >= 15 is 0 Å². The highest BCUT2D eigenvalue weighted by Crippen LogP contribution is 2.41. The molecular formula is C11H19NO2. The molecule has 3 heteroatoms. The van der Waals surface area contributed by atoms with Gasteiger partial charge < -0.3 is 10.0 Å². The van der Waals surface area contributed by atoms with Gasteiger partial charge in [0.15, 0.2) is 0 Å². The van der Waals surface area contributed by atoms with Crippen molar-refractivity contribution >= 4 is 5.91 Å². The molecule has 0 aromatic carbocycles. The molecule has 3 nitrogen and oxygen atoms in total. The van der Waals surface area contributed by atoms with Crippen LogP contribution in [0.4, 0.5) is 0 Å². The summed E-state index contributed by atoms with van der Waals surface area (Å²) in [7, 11) is 0. The molecule has 3 atom stereocenters. The molecule has 1 aliphatic carbocycles. The maximum atomic E-state index is 11.9. The van der Waals surface area contributed by atoms with Gasteiger partial charge >= 0.3 is 0 Å². The number of aliphatic hydroxyl groups excluding tert-OH is 1. The van der Waals surface area contributed by atoms with Gasteiger partial charge in [-0.15, -0.1) is 0 Å². The molecular weight excluding hydrogens is 178 g/mol. The average molecular weight is 197 g/mol. The largest absolute Gasteiger partial charge is 0.396 e. The summed E-state index contributed by atoms with van der Waals surface area (Å²) >= 11 is 0. The molecule has 80 valence electrons. The Morgan fingerprint density at radius 2 is 2.29 bits per heavy atom. The Labute approximate surface area is 85.1 Å². The van der Waals surface area contributed by atoms with Crippen LogP contribution in [-0.4, -0.2) is 35.6 Å². The third-order valence-corrected chi connectivity index (χ3v) is 3.68. The molecule has 2 fully saturated rings. The first-order valence-electron chi connectivity index (χ1n) is 5.45. The molecule has 0 bridgehead atoms. The van der Waals surface area contributed by atoms with E-state index in [1.807, 2.05) is 4.90 Å². The van der Waals surface area contributed by atoms with Crippen molar-refractivity contribution in [3.05, 3.63) is 0 Å². The van der Waals surface area contributed by atoms with E-state index in [2.05, 4.69) is 13.8 Å². The van der Waals surface area contributed by atoms with Gasteiger partial charge in [-0.3, -0.25) is 4.79 Å². The predicted molar refractivity (Wildman–Crippen MR) is 53.7 cm³/mol. The number of nitrogens with zero attached hydrogens (tertiary/aromatic N) is 1. The lowest BCUT2D eigenvalue weighted by atomic mass is 9.91. The Morgan fingerprint density at radius 1 is 1.64 bits per heavy atom. The Kier molecular flexibility index (Phi) is 2.30. The summed E-state index contributed by atoms with van der Waals surface area (Å²) < 4.78 is 0. The number of carbonyl (C=O) groups excluding carboxylic acids is 1. The van der Waals surface area contributed by atoms with E-state index in [0.29, 0.717) is 11.8 Å². The van der Waals surface area contributed by atoms with E-state index in [1.54, 1.807) is 0 Å². The number of likely N-dealkylation sites (tertiary alicyclic amines) is 1. The highest BCUT2D eigenvalue weighted by Gasteiger charge is 2.45. The fourth-order valence-electron chi connectivity index (χ4n) is 2.24. The minimum atomic E-state index is -0.0478. The predicted octanol–water partition coefficient (Wildman–Crippen LogP) is 0.873. The van der Waals surface area contributed by atoms with Crippen LogP contribution in [0.3, 0.4) is 0 Å². The fourth-order valence-corrected chi connectivity index (χ4v) is 2.24. The first-order valence-corrected chi connectivity index (χ1v) is 5.45. The first kappa shape index (κ1) is 9.97. The van der Waals surface area contributed by atoms with Crippen LogP contribution in [0.2, 0.25) is 0 Å². The molecule has 2 rings (SSSR count). The van der Waals surface area contributed by atoms with Gasteiger partial charge in [0, 0.05) is 24.4 Å². The summed E-state index contributed by atoms with van der Waals surface area (Å²) in [5.74, 6) is 1.19. The van der Waals surface area contributed by atoms with Crippen molar-refractivity contribution in [2.45, 2.75) is 26.7 Å². The normalized spacial score (nSPS) is 41.5. The number of carbonyl (C=O) groups is 1. The first-order chi connectivity index (χ1) is 6.56. The van der Waals surface area contributed by atoms with E-state index in [-0.39, 0.29) is 17.9 Å². The van der Waals surface area contributed by atoms with Crippen molar-refractivity contribution in [1.82, 2.24) is 4.90 Å². The van der Waals surface area contributed by atoms with Gasteiger partial charge in [0.2, 0.25) is 5.91 Å². The molecule has 0 radical (unpaired) electrons. The van der Waals surface area contributed by atoms with Crippen LogP contribution in [0, 0.1) is 17.3 Å². The summed E-state index contributed by atoms with van der Waals surface area (Å²) in [5.41, 5.74) is -0.0478. The van der Waals surface area contributed by atoms with Crippen molar-refractivity contribution in [2.75, 3.05) is 19.7 Å². The SMILES string of the molecule is CC1CC1C(=O)N1CCC(C)(CO)C1. The maximum Gasteiger partial charge on any atom is 0.225 e. The van der Waals surface area contributed by atoms with Crippen LogP contribution in [0.1, 0.15) is 26.7 Å². The number of hydrogen-bond donors (Lipinski definition) is 1. The molecule has 1 N–H and O–H groups in total. The second-order valence-electron chi connectivity index (χ2n) is 5.30. The van der Waals surface area contributed by atoms with Crippen LogP contribution in [0.5, 0.6) is 0 Å². The number of rotatable bonds is 2. The average Bonchev–Trinajstić information content (AvgIpc) is 2.75. The third-order valence-electron chi connectivity index (χ3n) is 3.68. The van der Waals surface area contributed by atoms with Gasteiger partial charge in [-0.05, 0) is 18.8 Å². The lowest BCUT2D eigenvalue weighted by molar-refractivity contribution is -0.132. The maximum absolute atomic E-state index is 11.9. The highest BCUT2D eigenvalue weighted by molar-refractivity contribution is 5.81. The minimum absolute atomic E-state index is 0.0478. The lowest BCUT2D eigenvalue weighted by Crippen LogP contribution is -2.33. The number of amides is 1. The molecule has 0 aromatic rings. The topological polar surface area (TPSA) is 40.5 Å². The Hall–Kier alpha value is -0.570. The van der Waals surface area contributed by atoms with E-state index < -0.39 is 0 Å². The standard InChI is InChI=1S/C11H19NO2/c1-8-5-9(8)10(14)12-4-3-11(2,6-12)7-13/h8-9,13H,3-7H2,1-2H3. The van der Waals surface area contributed by atoms with Crippen LogP contribution in [-0.2, 0) is 4.79 Å². The molecule has 3 unspecified atom stereocenters. The smallest absolute Gasteiger partial charge is 0.225 e. The second kappa shape index (κ2) is 3.23. The molecule has 1 saturated carbocycles. The second-order valence-corrected chi connectivity index (χ2v) is 5.30. The van der Waals surface area contributed by atoms with Crippen LogP contribution in [0.15, 0.2) is 0 Å². The Morgan fingerprint density at radius 3 is 2.71 bits per heavy atom. The zero-order chi connectivity index (χ0) is 10.3. The van der Waals surface area contributed by atoms with E-state index in [9.17, 15) is 9.90 Å². The number of aliphatic hydroxyl groups is 1. The van der Waals surface area contributed by atoms with Crippen LogP contribution in [0.25, 0.3) is 0 Å². The molecule has 2 aliphatic rings. The molecule has 1 saturated heterocycles. The van der Waals surface area contributed by atoms with Crippen molar-refractivity contribution in [2.24, 2.45) is 17.3 Å². The van der Waals surface area contributed by atoms with Crippen molar-refractivity contribution in [3.63, 3.8) is 0 Å². The minimum Gasteiger partial charge on any atom is -0.396 e. The summed E-state index contributed by atoms with van der Waals surface area (Å²) in [6.07, 6.45) is 2.00. The third kappa shape index (κ3) is 1.65. The van der Waals surface area contributed by atoms with Gasteiger partial charge in [-0.1, -0.05) is 13.8 Å². The summed E-state index contributed by atoms with van der Waals surface area (Å²) in [4.78, 5) is 13.8. The quantitative estimate of drug-likeness (QED) is 0.713.